The van der Waals surface area contributed by atoms with E-state index in [0.29, 0.717) is 11.5 Å². The molecule has 124 valence electrons. The average Bonchev–Trinajstić information content (AvgIpc) is 3.01. The fraction of sp³-hybridized carbons (Fsp3) is 0.238. The van der Waals surface area contributed by atoms with Gasteiger partial charge in [-0.1, -0.05) is 42.0 Å². The third kappa shape index (κ3) is 3.07. The normalized spacial score (nSPS) is 17.0. The first-order chi connectivity index (χ1) is 12.2. The lowest BCUT2D eigenvalue weighted by Crippen LogP contribution is -2.08. The number of rotatable bonds is 4. The zero-order chi connectivity index (χ0) is 17.8. The fourth-order valence-corrected chi connectivity index (χ4v) is 3.40. The van der Waals surface area contributed by atoms with Crippen LogP contribution in [0, 0.1) is 28.6 Å². The number of nitriles is 2. The third-order valence-electron chi connectivity index (χ3n) is 4.56. The summed E-state index contributed by atoms with van der Waals surface area (Å²) in [5.41, 5.74) is 4.28. The van der Waals surface area contributed by atoms with Gasteiger partial charge in [0.2, 0.25) is 0 Å². The van der Waals surface area contributed by atoms with Crippen LogP contribution in [0.3, 0.4) is 0 Å². The maximum atomic E-state index is 9.41. The molecule has 0 radical (unpaired) electrons. The lowest BCUT2D eigenvalue weighted by molar-refractivity contribution is 0.355. The van der Waals surface area contributed by atoms with Crippen molar-refractivity contribution in [1.82, 2.24) is 0 Å². The van der Waals surface area contributed by atoms with E-state index in [4.69, 9.17) is 9.47 Å². The van der Waals surface area contributed by atoms with Gasteiger partial charge in [0.15, 0.2) is 11.5 Å². The molecule has 1 aliphatic rings. The smallest absolute Gasteiger partial charge is 0.161 e. The average molecular weight is 330 g/mol. The second kappa shape index (κ2) is 7.11. The highest BCUT2D eigenvalue weighted by Gasteiger charge is 2.33. The molecule has 25 heavy (non-hydrogen) atoms. The summed E-state index contributed by atoms with van der Waals surface area (Å²) in [5, 5.41) is 18.8. The molecule has 0 fully saturated rings. The molecule has 0 aliphatic heterocycles. The number of allylic oxidation sites excluding steroid dienone is 1. The predicted octanol–water partition coefficient (Wildman–Crippen LogP) is 4.09. The topological polar surface area (TPSA) is 66.0 Å². The lowest BCUT2D eigenvalue weighted by Gasteiger charge is -2.15. The number of fused-ring (bicyclic) bond motifs is 1. The molecule has 4 heteroatoms. The Balaban J connectivity index is 2.05. The van der Waals surface area contributed by atoms with E-state index in [1.165, 1.54) is 5.56 Å². The van der Waals surface area contributed by atoms with Gasteiger partial charge in [-0.2, -0.15) is 10.5 Å². The summed E-state index contributed by atoms with van der Waals surface area (Å²) in [5.74, 6) is 0.429. The number of nitrogens with zero attached hydrogens (tertiary/aromatic N) is 2. The van der Waals surface area contributed by atoms with Crippen molar-refractivity contribution < 1.29 is 9.47 Å². The Kier molecular flexibility index (Phi) is 4.73. The zero-order valence-corrected chi connectivity index (χ0v) is 14.2. The Bertz CT molecular complexity index is 889. The van der Waals surface area contributed by atoms with Gasteiger partial charge in [0.05, 0.1) is 26.4 Å². The van der Waals surface area contributed by atoms with Crippen molar-refractivity contribution in [3.05, 3.63) is 64.7 Å². The molecule has 1 atom stereocenters. The van der Waals surface area contributed by atoms with Gasteiger partial charge in [0.1, 0.15) is 5.92 Å². The second-order valence-corrected chi connectivity index (χ2v) is 5.92. The molecule has 0 heterocycles. The zero-order valence-electron chi connectivity index (χ0n) is 14.2. The fourth-order valence-electron chi connectivity index (χ4n) is 3.40. The maximum Gasteiger partial charge on any atom is 0.161 e. The number of hydrogen-bond donors (Lipinski definition) is 0. The first-order valence-electron chi connectivity index (χ1n) is 8.01. The number of methoxy groups -OCH3 is 2. The largest absolute Gasteiger partial charge is 0.493 e. The van der Waals surface area contributed by atoms with Crippen LogP contribution in [0.2, 0.25) is 0 Å². The van der Waals surface area contributed by atoms with Crippen molar-refractivity contribution in [2.75, 3.05) is 14.2 Å². The van der Waals surface area contributed by atoms with Crippen molar-refractivity contribution >= 4 is 6.08 Å². The molecular weight excluding hydrogens is 312 g/mol. The Hall–Kier alpha value is -3.24. The molecule has 0 aromatic heterocycles. The summed E-state index contributed by atoms with van der Waals surface area (Å²) in [6.07, 6.45) is 2.79. The summed E-state index contributed by atoms with van der Waals surface area (Å²) in [7, 11) is 3.20. The minimum Gasteiger partial charge on any atom is -0.493 e. The minimum atomic E-state index is -0.699. The van der Waals surface area contributed by atoms with Crippen LogP contribution in [0.15, 0.2) is 48.0 Å². The second-order valence-electron chi connectivity index (χ2n) is 5.92. The summed E-state index contributed by atoms with van der Waals surface area (Å²) in [4.78, 5) is 0. The standard InChI is InChI=1S/C21H18N2O2/c1-24-19-8-7-14(10-20(19)25-2)9-16-11-15-5-3-4-6-18(15)21(16)17(12-22)13-23/h3-10,17,21H,11H2,1-2H3/b16-9+. The van der Waals surface area contributed by atoms with Gasteiger partial charge in [-0.3, -0.25) is 0 Å². The molecule has 0 spiro atoms. The number of ether oxygens (including phenoxy) is 2. The molecule has 0 saturated carbocycles. The highest BCUT2D eigenvalue weighted by molar-refractivity contribution is 5.64. The van der Waals surface area contributed by atoms with Gasteiger partial charge in [-0.05, 0) is 35.2 Å². The molecule has 4 nitrogen and oxygen atoms in total. The monoisotopic (exact) mass is 330 g/mol. The van der Waals surface area contributed by atoms with Crippen LogP contribution in [-0.4, -0.2) is 14.2 Å². The maximum absolute atomic E-state index is 9.41. The van der Waals surface area contributed by atoms with E-state index in [1.807, 2.05) is 42.5 Å². The van der Waals surface area contributed by atoms with Gasteiger partial charge in [0, 0.05) is 5.92 Å². The van der Waals surface area contributed by atoms with Crippen molar-refractivity contribution in [1.29, 1.82) is 10.5 Å². The van der Waals surface area contributed by atoms with Crippen LogP contribution in [0.1, 0.15) is 22.6 Å². The molecule has 2 aromatic carbocycles. The highest BCUT2D eigenvalue weighted by Crippen LogP contribution is 2.43. The molecule has 0 amide bonds. The van der Waals surface area contributed by atoms with Crippen LogP contribution < -0.4 is 9.47 Å². The Labute approximate surface area is 147 Å². The molecule has 0 saturated heterocycles. The molecule has 2 aromatic rings. The quantitative estimate of drug-likeness (QED) is 0.847. The minimum absolute atomic E-state index is 0.195. The van der Waals surface area contributed by atoms with Crippen LogP contribution in [0.25, 0.3) is 6.08 Å². The highest BCUT2D eigenvalue weighted by atomic mass is 16.5. The molecule has 3 rings (SSSR count). The van der Waals surface area contributed by atoms with Crippen LogP contribution >= 0.6 is 0 Å². The molecule has 0 N–H and O–H groups in total. The van der Waals surface area contributed by atoms with Crippen LogP contribution in [-0.2, 0) is 6.42 Å². The lowest BCUT2D eigenvalue weighted by atomic mass is 9.85. The van der Waals surface area contributed by atoms with Gasteiger partial charge in [0.25, 0.3) is 0 Å². The first kappa shape index (κ1) is 16.6. The first-order valence-corrected chi connectivity index (χ1v) is 8.01. The van der Waals surface area contributed by atoms with E-state index in [-0.39, 0.29) is 5.92 Å². The van der Waals surface area contributed by atoms with Gasteiger partial charge in [-0.25, -0.2) is 0 Å². The van der Waals surface area contributed by atoms with Crippen molar-refractivity contribution in [3.63, 3.8) is 0 Å². The summed E-state index contributed by atoms with van der Waals surface area (Å²) in [6, 6.07) is 18.0. The number of hydrogen-bond acceptors (Lipinski definition) is 4. The number of benzene rings is 2. The van der Waals surface area contributed by atoms with E-state index in [2.05, 4.69) is 18.2 Å². The van der Waals surface area contributed by atoms with Crippen molar-refractivity contribution in [3.8, 4) is 23.6 Å². The van der Waals surface area contributed by atoms with E-state index in [0.717, 1.165) is 23.1 Å². The summed E-state index contributed by atoms with van der Waals surface area (Å²) < 4.78 is 10.6. The van der Waals surface area contributed by atoms with Crippen molar-refractivity contribution in [2.45, 2.75) is 12.3 Å². The predicted molar refractivity (Wildman–Crippen MR) is 95.1 cm³/mol. The van der Waals surface area contributed by atoms with E-state index < -0.39 is 5.92 Å². The summed E-state index contributed by atoms with van der Waals surface area (Å²) in [6.45, 7) is 0. The van der Waals surface area contributed by atoms with Crippen molar-refractivity contribution in [2.24, 2.45) is 5.92 Å². The SMILES string of the molecule is COc1ccc(/C=C2\Cc3ccccc3C2C(C#N)C#N)cc1OC. The van der Waals surface area contributed by atoms with Crippen LogP contribution in [0.4, 0.5) is 0 Å². The van der Waals surface area contributed by atoms with E-state index in [1.54, 1.807) is 14.2 Å². The van der Waals surface area contributed by atoms with Gasteiger partial charge < -0.3 is 9.47 Å². The Morgan fingerprint density at radius 2 is 1.76 bits per heavy atom. The third-order valence-corrected chi connectivity index (χ3v) is 4.56. The Morgan fingerprint density at radius 1 is 1.04 bits per heavy atom. The molecule has 1 unspecified atom stereocenters. The van der Waals surface area contributed by atoms with E-state index >= 15 is 0 Å². The Morgan fingerprint density at radius 3 is 2.44 bits per heavy atom. The van der Waals surface area contributed by atoms with Gasteiger partial charge in [-0.15, -0.1) is 0 Å². The summed E-state index contributed by atoms with van der Waals surface area (Å²) >= 11 is 0. The van der Waals surface area contributed by atoms with Gasteiger partial charge >= 0.3 is 0 Å². The molecular formula is C21H18N2O2. The molecule has 0 bridgehead atoms. The molecule has 1 aliphatic carbocycles. The van der Waals surface area contributed by atoms with Crippen LogP contribution in [0.5, 0.6) is 11.5 Å². The van der Waals surface area contributed by atoms with E-state index in [9.17, 15) is 10.5 Å².